The highest BCUT2D eigenvalue weighted by molar-refractivity contribution is 5.71. The van der Waals surface area contributed by atoms with Crippen LogP contribution in [0, 0.1) is 0 Å². The molecule has 0 aliphatic rings. The number of allylic oxidation sites excluding steroid dienone is 22. The molecule has 418 valence electrons. The molecule has 0 aliphatic carbocycles. The number of hydrogen-bond donors (Lipinski definition) is 0. The van der Waals surface area contributed by atoms with Crippen molar-refractivity contribution in [1.82, 2.24) is 0 Å². The topological polar surface area (TPSA) is 78.9 Å². The number of carbonyl (C=O) groups is 3. The Bertz CT molecular complexity index is 1600. The summed E-state index contributed by atoms with van der Waals surface area (Å²) in [4.78, 5) is 38.2. The monoisotopic (exact) mass is 1020 g/mol. The van der Waals surface area contributed by atoms with Gasteiger partial charge < -0.3 is 14.2 Å². The molecule has 0 N–H and O–H groups in total. The number of hydrogen-bond acceptors (Lipinski definition) is 6. The van der Waals surface area contributed by atoms with Gasteiger partial charge in [0.05, 0.1) is 0 Å². The first-order valence-corrected chi connectivity index (χ1v) is 30.2. The van der Waals surface area contributed by atoms with E-state index in [-0.39, 0.29) is 37.5 Å². The summed E-state index contributed by atoms with van der Waals surface area (Å²) in [6.45, 7) is 6.34. The smallest absolute Gasteiger partial charge is 0.306 e. The Labute approximate surface area is 455 Å². The van der Waals surface area contributed by atoms with E-state index < -0.39 is 6.10 Å². The Hall–Kier alpha value is -4.45. The van der Waals surface area contributed by atoms with Crippen LogP contribution in [-0.2, 0) is 28.6 Å². The van der Waals surface area contributed by atoms with E-state index in [0.717, 1.165) is 128 Å². The van der Waals surface area contributed by atoms with E-state index in [1.54, 1.807) is 0 Å². The molecule has 0 amide bonds. The molecule has 0 aromatic rings. The van der Waals surface area contributed by atoms with Gasteiger partial charge in [-0.3, -0.25) is 14.4 Å². The van der Waals surface area contributed by atoms with Crippen molar-refractivity contribution in [2.75, 3.05) is 13.2 Å². The number of esters is 3. The third-order valence-electron chi connectivity index (χ3n) is 12.4. The zero-order valence-corrected chi connectivity index (χ0v) is 47.8. The summed E-state index contributed by atoms with van der Waals surface area (Å²) in [7, 11) is 0. The lowest BCUT2D eigenvalue weighted by Gasteiger charge is -2.18. The van der Waals surface area contributed by atoms with Crippen LogP contribution in [0.25, 0.3) is 0 Å². The first kappa shape index (κ1) is 69.5. The van der Waals surface area contributed by atoms with Crippen LogP contribution in [-0.4, -0.2) is 37.2 Å². The third-order valence-corrected chi connectivity index (χ3v) is 12.4. The van der Waals surface area contributed by atoms with Crippen molar-refractivity contribution < 1.29 is 28.6 Å². The fraction of sp³-hybridized carbons (Fsp3) is 0.632. The molecule has 6 nitrogen and oxygen atoms in total. The molecule has 0 aliphatic heterocycles. The van der Waals surface area contributed by atoms with Crippen molar-refractivity contribution in [3.8, 4) is 0 Å². The molecule has 74 heavy (non-hydrogen) atoms. The minimum Gasteiger partial charge on any atom is -0.462 e. The van der Waals surface area contributed by atoms with Gasteiger partial charge >= 0.3 is 17.9 Å². The largest absolute Gasteiger partial charge is 0.462 e. The molecule has 0 bridgehead atoms. The third kappa shape index (κ3) is 58.4. The van der Waals surface area contributed by atoms with Gasteiger partial charge in [0, 0.05) is 19.3 Å². The molecule has 0 radical (unpaired) electrons. The summed E-state index contributed by atoms with van der Waals surface area (Å²) < 4.78 is 16.8. The van der Waals surface area contributed by atoms with Crippen LogP contribution in [0.5, 0.6) is 0 Å². The van der Waals surface area contributed by atoms with Gasteiger partial charge in [-0.15, -0.1) is 0 Å². The summed E-state index contributed by atoms with van der Waals surface area (Å²) in [5.74, 6) is -0.994. The predicted molar refractivity (Wildman–Crippen MR) is 320 cm³/mol. The van der Waals surface area contributed by atoms with E-state index in [0.29, 0.717) is 19.3 Å². The number of ether oxygens (including phenoxy) is 3. The van der Waals surface area contributed by atoms with Crippen molar-refractivity contribution in [2.24, 2.45) is 0 Å². The van der Waals surface area contributed by atoms with Crippen molar-refractivity contribution >= 4 is 17.9 Å². The van der Waals surface area contributed by atoms with Gasteiger partial charge in [0.2, 0.25) is 0 Å². The van der Waals surface area contributed by atoms with Gasteiger partial charge in [0.25, 0.3) is 0 Å². The van der Waals surface area contributed by atoms with Crippen LogP contribution in [0.1, 0.15) is 258 Å². The highest BCUT2D eigenvalue weighted by Crippen LogP contribution is 2.14. The van der Waals surface area contributed by atoms with Crippen molar-refractivity contribution in [2.45, 2.75) is 264 Å². The lowest BCUT2D eigenvalue weighted by molar-refractivity contribution is -0.167. The molecule has 0 heterocycles. The summed E-state index contributed by atoms with van der Waals surface area (Å²) in [6, 6.07) is 0. The molecule has 6 heteroatoms. The van der Waals surface area contributed by atoms with E-state index in [1.807, 2.05) is 0 Å². The van der Waals surface area contributed by atoms with Gasteiger partial charge in [0.15, 0.2) is 6.10 Å². The minimum absolute atomic E-state index is 0.112. The maximum absolute atomic E-state index is 12.9. The second-order valence-corrected chi connectivity index (χ2v) is 19.5. The lowest BCUT2D eigenvalue weighted by atomic mass is 10.1. The fourth-order valence-corrected chi connectivity index (χ4v) is 7.91. The molecule has 0 spiro atoms. The van der Waals surface area contributed by atoms with Gasteiger partial charge in [-0.2, -0.15) is 0 Å². The van der Waals surface area contributed by atoms with Crippen molar-refractivity contribution in [3.63, 3.8) is 0 Å². The van der Waals surface area contributed by atoms with Crippen LogP contribution in [0.3, 0.4) is 0 Å². The van der Waals surface area contributed by atoms with E-state index in [4.69, 9.17) is 14.2 Å². The fourth-order valence-electron chi connectivity index (χ4n) is 7.91. The molecule has 0 rings (SSSR count). The Balaban J connectivity index is 4.52. The van der Waals surface area contributed by atoms with E-state index in [2.05, 4.69) is 154 Å². The Morgan fingerprint density at radius 1 is 0.284 bits per heavy atom. The summed E-state index contributed by atoms with van der Waals surface area (Å²) in [6.07, 6.45) is 85.9. The summed E-state index contributed by atoms with van der Waals surface area (Å²) >= 11 is 0. The average molecular weight is 1020 g/mol. The van der Waals surface area contributed by atoms with Crippen molar-refractivity contribution in [3.05, 3.63) is 134 Å². The van der Waals surface area contributed by atoms with Crippen LogP contribution in [0.15, 0.2) is 134 Å². The molecular formula is C68H110O6. The first-order valence-electron chi connectivity index (χ1n) is 30.2. The molecular weight excluding hydrogens is 913 g/mol. The Morgan fingerprint density at radius 2 is 0.541 bits per heavy atom. The standard InChI is InChI=1S/C68H110O6/c1-4-7-10-13-16-19-22-25-28-31-33-34-35-38-40-43-46-49-52-55-58-61-67(70)73-64-65(63-72-66(69)60-57-54-51-48-45-42-39-36-30-27-24-21-18-15-12-9-6-3)74-68(71)62-59-56-53-50-47-44-41-37-32-29-26-23-20-17-14-11-8-5-2/h7,9-10,12,16,18-19,21,25,27-30,32-34,38-40,42,48,51,65H,4-6,8,11,13-15,17,20,22-24,26,31,35-37,41,43-47,49-50,52-64H2,1-3H3/b10-7-,12-9-,19-16-,21-18-,28-25-,30-27-,32-29-,34-33-,40-38-,42-39-,51-48-. The van der Waals surface area contributed by atoms with Crippen LogP contribution < -0.4 is 0 Å². The lowest BCUT2D eigenvalue weighted by Crippen LogP contribution is -2.30. The summed E-state index contributed by atoms with van der Waals surface area (Å²) in [5.41, 5.74) is 0. The maximum Gasteiger partial charge on any atom is 0.306 e. The summed E-state index contributed by atoms with van der Waals surface area (Å²) in [5, 5.41) is 0. The van der Waals surface area contributed by atoms with Gasteiger partial charge in [-0.05, 0) is 128 Å². The highest BCUT2D eigenvalue weighted by atomic mass is 16.6. The molecule has 0 aromatic heterocycles. The van der Waals surface area contributed by atoms with Gasteiger partial charge in [0.1, 0.15) is 13.2 Å². The highest BCUT2D eigenvalue weighted by Gasteiger charge is 2.19. The second-order valence-electron chi connectivity index (χ2n) is 19.5. The second kappa shape index (κ2) is 61.1. The molecule has 0 saturated heterocycles. The van der Waals surface area contributed by atoms with E-state index >= 15 is 0 Å². The van der Waals surface area contributed by atoms with E-state index in [1.165, 1.54) is 83.5 Å². The normalized spacial score (nSPS) is 13.1. The zero-order valence-electron chi connectivity index (χ0n) is 47.8. The molecule has 0 fully saturated rings. The van der Waals surface area contributed by atoms with Crippen LogP contribution in [0.2, 0.25) is 0 Å². The van der Waals surface area contributed by atoms with E-state index in [9.17, 15) is 14.4 Å². The zero-order chi connectivity index (χ0) is 53.6. The minimum atomic E-state index is -0.818. The number of unbranched alkanes of at least 4 members (excludes halogenated alkanes) is 20. The average Bonchev–Trinajstić information content (AvgIpc) is 3.40. The SMILES string of the molecule is CC/C=C\C/C=C\C/C=C\C/C=C\C/C=C\CCCCCCCC(=O)OCC(COC(=O)CCC/C=C\C/C=C\C/C=C\C/C=C\C/C=C\CC)OC(=O)CCCCCCCCC/C=C\CCCCCCCCC. The Kier molecular flexibility index (Phi) is 57.4. The van der Waals surface area contributed by atoms with Crippen molar-refractivity contribution in [1.29, 1.82) is 0 Å². The first-order chi connectivity index (χ1) is 36.5. The molecule has 1 atom stereocenters. The molecule has 0 aromatic carbocycles. The maximum atomic E-state index is 12.9. The number of rotatable bonds is 53. The molecule has 0 saturated carbocycles. The van der Waals surface area contributed by atoms with Crippen LogP contribution in [0.4, 0.5) is 0 Å². The van der Waals surface area contributed by atoms with Gasteiger partial charge in [-0.1, -0.05) is 244 Å². The Morgan fingerprint density at radius 3 is 0.892 bits per heavy atom. The number of carbonyl (C=O) groups excluding carboxylic acids is 3. The molecule has 1 unspecified atom stereocenters. The predicted octanol–water partition coefficient (Wildman–Crippen LogP) is 20.6. The van der Waals surface area contributed by atoms with Gasteiger partial charge in [-0.25, -0.2) is 0 Å². The van der Waals surface area contributed by atoms with Crippen LogP contribution >= 0.6 is 0 Å². The quantitative estimate of drug-likeness (QED) is 0.0261.